The Morgan fingerprint density at radius 2 is 1.65 bits per heavy atom. The van der Waals surface area contributed by atoms with Gasteiger partial charge in [0.2, 0.25) is 11.8 Å². The Bertz CT molecular complexity index is 429. The number of carbonyl (C=O) groups excluding carboxylic acids is 2. The second kappa shape index (κ2) is 8.96. The highest BCUT2D eigenvalue weighted by atomic mass is 16.5. The molecule has 0 bridgehead atoms. The summed E-state index contributed by atoms with van der Waals surface area (Å²) in [6.07, 6.45) is 1.49. The molecule has 0 saturated heterocycles. The van der Waals surface area contributed by atoms with Gasteiger partial charge in [-0.1, -0.05) is 19.1 Å². The molecule has 0 aliphatic rings. The zero-order valence-corrected chi connectivity index (χ0v) is 12.1. The van der Waals surface area contributed by atoms with Crippen LogP contribution in [0.3, 0.4) is 0 Å². The molecule has 0 fully saturated rings. The molecule has 0 atom stereocenters. The highest BCUT2D eigenvalue weighted by Gasteiger charge is 2.07. The lowest BCUT2D eigenvalue weighted by atomic mass is 10.1. The monoisotopic (exact) mass is 278 g/mol. The van der Waals surface area contributed by atoms with Crippen LogP contribution in [0.5, 0.6) is 5.75 Å². The van der Waals surface area contributed by atoms with E-state index in [1.807, 2.05) is 31.2 Å². The first kappa shape index (κ1) is 16.0. The van der Waals surface area contributed by atoms with Crippen molar-refractivity contribution in [3.8, 4) is 5.75 Å². The lowest BCUT2D eigenvalue weighted by molar-refractivity contribution is -0.129. The van der Waals surface area contributed by atoms with Gasteiger partial charge in [-0.3, -0.25) is 9.59 Å². The molecule has 1 aromatic carbocycles. The molecule has 2 amide bonds. The van der Waals surface area contributed by atoms with Crippen LogP contribution in [0.2, 0.25) is 0 Å². The first-order valence-electron chi connectivity index (χ1n) is 6.82. The maximum Gasteiger partial charge on any atom is 0.229 e. The maximum atomic E-state index is 11.5. The van der Waals surface area contributed by atoms with Gasteiger partial charge >= 0.3 is 0 Å². The van der Waals surface area contributed by atoms with E-state index in [-0.39, 0.29) is 18.2 Å². The van der Waals surface area contributed by atoms with E-state index in [0.717, 1.165) is 24.2 Å². The van der Waals surface area contributed by atoms with Gasteiger partial charge in [0, 0.05) is 13.1 Å². The minimum absolute atomic E-state index is 0.109. The number of rotatable bonds is 8. The summed E-state index contributed by atoms with van der Waals surface area (Å²) in [6.45, 7) is 3.10. The molecule has 0 radical (unpaired) electrons. The van der Waals surface area contributed by atoms with E-state index in [1.165, 1.54) is 0 Å². The molecular weight excluding hydrogens is 256 g/mol. The standard InChI is InChI=1S/C15H22N2O3/c1-3-9-16-14(18)11-15(19)17-10-8-12-4-6-13(20-2)7-5-12/h4-7H,3,8-11H2,1-2H3,(H,16,18)(H,17,19). The molecule has 20 heavy (non-hydrogen) atoms. The Morgan fingerprint density at radius 3 is 2.20 bits per heavy atom. The maximum absolute atomic E-state index is 11.5. The molecule has 2 N–H and O–H groups in total. The minimum atomic E-state index is -0.243. The summed E-state index contributed by atoms with van der Waals surface area (Å²) in [7, 11) is 1.62. The van der Waals surface area contributed by atoms with Crippen molar-refractivity contribution in [3.63, 3.8) is 0 Å². The molecule has 0 aromatic heterocycles. The van der Waals surface area contributed by atoms with E-state index in [4.69, 9.17) is 4.74 Å². The molecule has 110 valence electrons. The van der Waals surface area contributed by atoms with Crippen molar-refractivity contribution in [2.45, 2.75) is 26.2 Å². The average Bonchev–Trinajstić information content (AvgIpc) is 2.45. The van der Waals surface area contributed by atoms with Crippen molar-refractivity contribution in [1.29, 1.82) is 0 Å². The highest BCUT2D eigenvalue weighted by molar-refractivity contribution is 5.96. The van der Waals surface area contributed by atoms with Crippen LogP contribution in [-0.4, -0.2) is 32.0 Å². The van der Waals surface area contributed by atoms with Crippen molar-refractivity contribution in [2.75, 3.05) is 20.2 Å². The second-order valence-corrected chi connectivity index (χ2v) is 4.47. The summed E-state index contributed by atoms with van der Waals surface area (Å²) in [5.74, 6) is 0.339. The van der Waals surface area contributed by atoms with Crippen LogP contribution in [-0.2, 0) is 16.0 Å². The highest BCUT2D eigenvalue weighted by Crippen LogP contribution is 2.11. The lowest BCUT2D eigenvalue weighted by Gasteiger charge is -2.06. The molecule has 1 rings (SSSR count). The fourth-order valence-electron chi connectivity index (χ4n) is 1.67. The zero-order chi connectivity index (χ0) is 14.8. The molecule has 0 aliphatic carbocycles. The number of benzene rings is 1. The van der Waals surface area contributed by atoms with Gasteiger partial charge in [0.05, 0.1) is 7.11 Å². The Kier molecular flexibility index (Phi) is 7.17. The van der Waals surface area contributed by atoms with Gasteiger partial charge in [-0.15, -0.1) is 0 Å². The zero-order valence-electron chi connectivity index (χ0n) is 12.1. The van der Waals surface area contributed by atoms with Gasteiger partial charge in [-0.2, -0.15) is 0 Å². The summed E-state index contributed by atoms with van der Waals surface area (Å²) in [4.78, 5) is 22.8. The Labute approximate surface area is 119 Å². The topological polar surface area (TPSA) is 67.4 Å². The van der Waals surface area contributed by atoms with Crippen molar-refractivity contribution in [1.82, 2.24) is 10.6 Å². The number of methoxy groups -OCH3 is 1. The quantitative estimate of drug-likeness (QED) is 0.704. The van der Waals surface area contributed by atoms with Crippen LogP contribution in [0, 0.1) is 0 Å². The third-order valence-electron chi connectivity index (χ3n) is 2.79. The molecule has 1 aromatic rings. The molecule has 0 unspecified atom stereocenters. The summed E-state index contributed by atoms with van der Waals surface area (Å²) in [5.41, 5.74) is 1.11. The van der Waals surface area contributed by atoms with E-state index >= 15 is 0 Å². The van der Waals surface area contributed by atoms with E-state index in [1.54, 1.807) is 7.11 Å². The van der Waals surface area contributed by atoms with Crippen LogP contribution >= 0.6 is 0 Å². The SMILES string of the molecule is CCCNC(=O)CC(=O)NCCc1ccc(OC)cc1. The number of hydrogen-bond donors (Lipinski definition) is 2. The first-order chi connectivity index (χ1) is 9.65. The van der Waals surface area contributed by atoms with Crippen molar-refractivity contribution >= 4 is 11.8 Å². The number of carbonyl (C=O) groups is 2. The Morgan fingerprint density at radius 1 is 1.05 bits per heavy atom. The second-order valence-electron chi connectivity index (χ2n) is 4.47. The van der Waals surface area contributed by atoms with Crippen LogP contribution in [0.25, 0.3) is 0 Å². The molecule has 0 aliphatic heterocycles. The summed E-state index contributed by atoms with van der Waals surface area (Å²) < 4.78 is 5.07. The van der Waals surface area contributed by atoms with E-state index in [2.05, 4.69) is 10.6 Å². The van der Waals surface area contributed by atoms with Gasteiger partial charge < -0.3 is 15.4 Å². The fraction of sp³-hybridized carbons (Fsp3) is 0.467. The van der Waals surface area contributed by atoms with Gasteiger partial charge in [0.1, 0.15) is 12.2 Å². The van der Waals surface area contributed by atoms with Gasteiger partial charge in [-0.25, -0.2) is 0 Å². The molecule has 0 saturated carbocycles. The first-order valence-corrected chi connectivity index (χ1v) is 6.82. The van der Waals surface area contributed by atoms with E-state index in [9.17, 15) is 9.59 Å². The fourth-order valence-corrected chi connectivity index (χ4v) is 1.67. The predicted octanol–water partition coefficient (Wildman–Crippen LogP) is 1.27. The van der Waals surface area contributed by atoms with Gasteiger partial charge in [0.15, 0.2) is 0 Å². The summed E-state index contributed by atoms with van der Waals surface area (Å²) in [5, 5.41) is 5.41. The average molecular weight is 278 g/mol. The van der Waals surface area contributed by atoms with Crippen LogP contribution in [0.1, 0.15) is 25.3 Å². The summed E-state index contributed by atoms with van der Waals surface area (Å²) >= 11 is 0. The van der Waals surface area contributed by atoms with Crippen LogP contribution in [0.4, 0.5) is 0 Å². The normalized spacial score (nSPS) is 9.90. The molecule has 5 nitrogen and oxygen atoms in total. The largest absolute Gasteiger partial charge is 0.497 e. The lowest BCUT2D eigenvalue weighted by Crippen LogP contribution is -2.33. The van der Waals surface area contributed by atoms with Crippen LogP contribution < -0.4 is 15.4 Å². The summed E-state index contributed by atoms with van der Waals surface area (Å²) in [6, 6.07) is 7.68. The molecule has 0 spiro atoms. The van der Waals surface area contributed by atoms with E-state index < -0.39 is 0 Å². The van der Waals surface area contributed by atoms with Crippen molar-refractivity contribution < 1.29 is 14.3 Å². The predicted molar refractivity (Wildman–Crippen MR) is 77.6 cm³/mol. The molecule has 0 heterocycles. The van der Waals surface area contributed by atoms with Crippen molar-refractivity contribution in [3.05, 3.63) is 29.8 Å². The Hall–Kier alpha value is -2.04. The minimum Gasteiger partial charge on any atom is -0.497 e. The molecular formula is C15H22N2O3. The molecule has 5 heteroatoms. The Balaban J connectivity index is 2.22. The van der Waals surface area contributed by atoms with Crippen LogP contribution in [0.15, 0.2) is 24.3 Å². The van der Waals surface area contributed by atoms with Gasteiger partial charge in [0.25, 0.3) is 0 Å². The number of ether oxygens (including phenoxy) is 1. The third kappa shape index (κ3) is 6.22. The van der Waals surface area contributed by atoms with Crippen molar-refractivity contribution in [2.24, 2.45) is 0 Å². The number of amides is 2. The smallest absolute Gasteiger partial charge is 0.229 e. The third-order valence-corrected chi connectivity index (χ3v) is 2.79. The number of hydrogen-bond acceptors (Lipinski definition) is 3. The van der Waals surface area contributed by atoms with Gasteiger partial charge in [-0.05, 0) is 30.5 Å². The van der Waals surface area contributed by atoms with E-state index in [0.29, 0.717) is 13.1 Å². The number of nitrogens with one attached hydrogen (secondary N) is 2.